The maximum atomic E-state index is 9.29. The number of aliphatic hydroxyl groups is 1. The van der Waals surface area contributed by atoms with E-state index in [-0.39, 0.29) is 6.10 Å². The molecule has 2 nitrogen and oxygen atoms in total. The third-order valence-corrected chi connectivity index (χ3v) is 2.75. The Hall–Kier alpha value is -0.0800. The van der Waals surface area contributed by atoms with Crippen LogP contribution in [-0.4, -0.2) is 35.2 Å². The van der Waals surface area contributed by atoms with Crippen molar-refractivity contribution in [2.45, 2.75) is 44.8 Å². The van der Waals surface area contributed by atoms with Crippen LogP contribution in [0.4, 0.5) is 0 Å². The van der Waals surface area contributed by atoms with Gasteiger partial charge in [0.05, 0.1) is 6.10 Å². The summed E-state index contributed by atoms with van der Waals surface area (Å²) in [7, 11) is 0. The van der Waals surface area contributed by atoms with Gasteiger partial charge in [-0.2, -0.15) is 0 Å². The maximum Gasteiger partial charge on any atom is 0.0639 e. The molecule has 2 rings (SSSR count). The number of hydrogen-bond donors (Lipinski definition) is 1. The van der Waals surface area contributed by atoms with Crippen LogP contribution in [0.1, 0.15) is 32.6 Å². The average molecular weight is 169 g/mol. The highest BCUT2D eigenvalue weighted by Crippen LogP contribution is 2.34. The minimum Gasteiger partial charge on any atom is -0.392 e. The van der Waals surface area contributed by atoms with Gasteiger partial charge < -0.3 is 5.11 Å². The number of hydrogen-bond acceptors (Lipinski definition) is 2. The van der Waals surface area contributed by atoms with Crippen molar-refractivity contribution < 1.29 is 5.11 Å². The second-order valence-corrected chi connectivity index (χ2v) is 4.48. The van der Waals surface area contributed by atoms with Crippen LogP contribution >= 0.6 is 0 Å². The van der Waals surface area contributed by atoms with Crippen LogP contribution < -0.4 is 0 Å². The molecule has 1 atom stereocenters. The lowest BCUT2D eigenvalue weighted by Crippen LogP contribution is -2.34. The summed E-state index contributed by atoms with van der Waals surface area (Å²) in [6, 6.07) is 0.820. The van der Waals surface area contributed by atoms with E-state index in [1.807, 2.05) is 6.92 Å². The van der Waals surface area contributed by atoms with Crippen LogP contribution in [0.15, 0.2) is 0 Å². The van der Waals surface area contributed by atoms with E-state index in [2.05, 4.69) is 4.90 Å². The number of nitrogens with zero attached hydrogens (tertiary/aromatic N) is 1. The van der Waals surface area contributed by atoms with Crippen molar-refractivity contribution in [3.05, 3.63) is 0 Å². The second-order valence-electron chi connectivity index (χ2n) is 4.48. The van der Waals surface area contributed by atoms with Crippen molar-refractivity contribution in [1.29, 1.82) is 0 Å². The highest BCUT2D eigenvalue weighted by Gasteiger charge is 2.33. The quantitative estimate of drug-likeness (QED) is 0.669. The van der Waals surface area contributed by atoms with E-state index < -0.39 is 0 Å². The molecule has 0 aliphatic heterocycles. The van der Waals surface area contributed by atoms with Gasteiger partial charge in [-0.25, -0.2) is 0 Å². The molecule has 0 saturated heterocycles. The maximum absolute atomic E-state index is 9.29. The Balaban J connectivity index is 1.75. The molecular weight excluding hydrogens is 150 g/mol. The van der Waals surface area contributed by atoms with Gasteiger partial charge in [0.25, 0.3) is 0 Å². The predicted octanol–water partition coefficient (Wildman–Crippen LogP) is 1.24. The van der Waals surface area contributed by atoms with Gasteiger partial charge in [-0.05, 0) is 38.5 Å². The molecule has 2 aliphatic rings. The van der Waals surface area contributed by atoms with Gasteiger partial charge in [-0.15, -0.1) is 0 Å². The minimum absolute atomic E-state index is 0.149. The molecule has 2 aliphatic carbocycles. The average Bonchev–Trinajstić information content (AvgIpc) is 2.82. The Morgan fingerprint density at radius 1 is 1.33 bits per heavy atom. The third-order valence-electron chi connectivity index (χ3n) is 2.75. The molecule has 0 aromatic heterocycles. The number of rotatable bonds is 5. The summed E-state index contributed by atoms with van der Waals surface area (Å²) >= 11 is 0. The SMILES string of the molecule is CC(O)CN(CC1CC1)C1CC1. The highest BCUT2D eigenvalue weighted by molar-refractivity contribution is 4.88. The molecule has 0 aromatic rings. The van der Waals surface area contributed by atoms with Crippen molar-refractivity contribution in [1.82, 2.24) is 4.90 Å². The Labute approximate surface area is 74.6 Å². The van der Waals surface area contributed by atoms with Gasteiger partial charge in [0.15, 0.2) is 0 Å². The lowest BCUT2D eigenvalue weighted by Gasteiger charge is -2.23. The summed E-state index contributed by atoms with van der Waals surface area (Å²) in [6.45, 7) is 4.03. The summed E-state index contributed by atoms with van der Waals surface area (Å²) in [6.07, 6.45) is 5.41. The molecule has 0 aromatic carbocycles. The fourth-order valence-corrected chi connectivity index (χ4v) is 1.78. The van der Waals surface area contributed by atoms with Crippen LogP contribution in [0.2, 0.25) is 0 Å². The van der Waals surface area contributed by atoms with Crippen molar-refractivity contribution in [2.75, 3.05) is 13.1 Å². The predicted molar refractivity (Wildman–Crippen MR) is 49.0 cm³/mol. The summed E-state index contributed by atoms with van der Waals surface area (Å²) < 4.78 is 0. The van der Waals surface area contributed by atoms with E-state index in [0.29, 0.717) is 0 Å². The van der Waals surface area contributed by atoms with E-state index in [0.717, 1.165) is 18.5 Å². The lowest BCUT2D eigenvalue weighted by molar-refractivity contribution is 0.119. The normalized spacial score (nSPS) is 26.2. The molecule has 0 amide bonds. The smallest absolute Gasteiger partial charge is 0.0639 e. The van der Waals surface area contributed by atoms with Crippen LogP contribution in [0, 0.1) is 5.92 Å². The standard InChI is InChI=1S/C10H19NO/c1-8(12)6-11(10-4-5-10)7-9-2-3-9/h8-10,12H,2-7H2,1H3. The molecule has 0 bridgehead atoms. The van der Waals surface area contributed by atoms with Gasteiger partial charge in [0.1, 0.15) is 0 Å². The highest BCUT2D eigenvalue weighted by atomic mass is 16.3. The molecule has 12 heavy (non-hydrogen) atoms. The zero-order valence-electron chi connectivity index (χ0n) is 7.87. The summed E-state index contributed by atoms with van der Waals surface area (Å²) in [5, 5.41) is 9.29. The van der Waals surface area contributed by atoms with E-state index in [9.17, 15) is 5.11 Å². The monoisotopic (exact) mass is 169 g/mol. The zero-order chi connectivity index (χ0) is 8.55. The van der Waals surface area contributed by atoms with Gasteiger partial charge >= 0.3 is 0 Å². The van der Waals surface area contributed by atoms with Crippen molar-refractivity contribution in [3.8, 4) is 0 Å². The molecule has 0 spiro atoms. The first-order chi connectivity index (χ1) is 5.75. The van der Waals surface area contributed by atoms with Gasteiger partial charge in [-0.3, -0.25) is 4.90 Å². The molecule has 2 fully saturated rings. The van der Waals surface area contributed by atoms with Gasteiger partial charge in [0.2, 0.25) is 0 Å². The zero-order valence-corrected chi connectivity index (χ0v) is 7.87. The lowest BCUT2D eigenvalue weighted by atomic mass is 10.3. The molecule has 1 N–H and O–H groups in total. The fraction of sp³-hybridized carbons (Fsp3) is 1.00. The van der Waals surface area contributed by atoms with E-state index in [4.69, 9.17) is 0 Å². The van der Waals surface area contributed by atoms with Crippen molar-refractivity contribution in [3.63, 3.8) is 0 Å². The summed E-state index contributed by atoms with van der Waals surface area (Å²) in [4.78, 5) is 2.49. The molecule has 70 valence electrons. The van der Waals surface area contributed by atoms with Crippen LogP contribution in [0.25, 0.3) is 0 Å². The Morgan fingerprint density at radius 2 is 2.00 bits per heavy atom. The van der Waals surface area contributed by atoms with Crippen molar-refractivity contribution in [2.24, 2.45) is 5.92 Å². The Morgan fingerprint density at radius 3 is 2.42 bits per heavy atom. The first-order valence-electron chi connectivity index (χ1n) is 5.18. The van der Waals surface area contributed by atoms with Crippen molar-refractivity contribution >= 4 is 0 Å². The molecule has 1 unspecified atom stereocenters. The summed E-state index contributed by atoms with van der Waals surface area (Å²) in [5.74, 6) is 0.962. The first kappa shape index (κ1) is 8.52. The fourth-order valence-electron chi connectivity index (χ4n) is 1.78. The van der Waals surface area contributed by atoms with E-state index in [1.54, 1.807) is 0 Å². The summed E-state index contributed by atoms with van der Waals surface area (Å²) in [5.41, 5.74) is 0. The van der Waals surface area contributed by atoms with Crippen LogP contribution in [0.5, 0.6) is 0 Å². The van der Waals surface area contributed by atoms with Crippen LogP contribution in [-0.2, 0) is 0 Å². The first-order valence-corrected chi connectivity index (χ1v) is 5.18. The van der Waals surface area contributed by atoms with Crippen LogP contribution in [0.3, 0.4) is 0 Å². The second kappa shape index (κ2) is 3.35. The topological polar surface area (TPSA) is 23.5 Å². The molecule has 0 radical (unpaired) electrons. The molecule has 0 heterocycles. The molecule has 2 heteroatoms. The largest absolute Gasteiger partial charge is 0.392 e. The molecule has 2 saturated carbocycles. The third kappa shape index (κ3) is 2.46. The van der Waals surface area contributed by atoms with E-state index >= 15 is 0 Å². The Kier molecular flexibility index (Phi) is 2.37. The number of aliphatic hydroxyl groups excluding tert-OH is 1. The minimum atomic E-state index is -0.149. The van der Waals surface area contributed by atoms with Gasteiger partial charge in [-0.1, -0.05) is 0 Å². The van der Waals surface area contributed by atoms with Gasteiger partial charge in [0, 0.05) is 19.1 Å². The Bertz CT molecular complexity index is 146. The van der Waals surface area contributed by atoms with E-state index in [1.165, 1.54) is 32.2 Å². The molecular formula is C10H19NO.